The van der Waals surface area contributed by atoms with Crippen molar-refractivity contribution in [2.75, 3.05) is 21.3 Å². The van der Waals surface area contributed by atoms with Crippen LogP contribution in [-0.4, -0.2) is 27.2 Å². The van der Waals surface area contributed by atoms with E-state index in [2.05, 4.69) is 37.2 Å². The SMILES string of the molecule is O=C(Nc1ccc([N+](=O)[O-])cc1O)Nc1ccccc1Oc1ccccc1.O=C(Nc1ccccc1Br)Nc1cccc(Cl)c1O. The molecule has 0 aliphatic heterocycles. The first-order valence-corrected chi connectivity index (χ1v) is 14.4. The number of nitrogens with zero attached hydrogens (tertiary/aromatic N) is 1. The summed E-state index contributed by atoms with van der Waals surface area (Å²) >= 11 is 9.08. The van der Waals surface area contributed by atoms with Gasteiger partial charge in [-0.2, -0.15) is 0 Å². The number of nitro groups is 1. The van der Waals surface area contributed by atoms with Crippen LogP contribution < -0.4 is 26.0 Å². The standard InChI is InChI=1S/C19H15N3O5.C13H10BrClN2O2/c23-17-12-13(22(25)26)10-11-15(17)20-19(24)21-16-8-4-5-9-18(16)27-14-6-2-1-3-7-14;14-8-4-1-2-6-10(8)16-13(19)17-11-7-3-5-9(15)12(11)18/h1-12,23H,(H2,20,21,24);1-7,18H,(H2,16,17,19). The first-order chi connectivity index (χ1) is 22.1. The van der Waals surface area contributed by atoms with E-state index in [1.807, 2.05) is 30.3 Å². The van der Waals surface area contributed by atoms with Gasteiger partial charge in [0.15, 0.2) is 11.5 Å². The maximum Gasteiger partial charge on any atom is 0.323 e. The number of halogens is 2. The average molecular weight is 707 g/mol. The molecule has 0 aliphatic rings. The molecule has 0 saturated carbocycles. The molecular weight excluding hydrogens is 682 g/mol. The Morgan fingerprint density at radius 1 is 0.696 bits per heavy atom. The number of phenolic OH excluding ortho intramolecular Hbond substituents is 2. The lowest BCUT2D eigenvalue weighted by atomic mass is 10.2. The van der Waals surface area contributed by atoms with Crippen molar-refractivity contribution in [3.63, 3.8) is 0 Å². The van der Waals surface area contributed by atoms with E-state index in [1.54, 1.807) is 60.7 Å². The number of rotatable bonds is 7. The first-order valence-electron chi connectivity index (χ1n) is 13.3. The maximum atomic E-state index is 12.2. The molecule has 0 aliphatic carbocycles. The van der Waals surface area contributed by atoms with Crippen LogP contribution in [-0.2, 0) is 0 Å². The van der Waals surface area contributed by atoms with Crippen LogP contribution in [0.2, 0.25) is 5.02 Å². The van der Waals surface area contributed by atoms with Crippen LogP contribution in [0.15, 0.2) is 120 Å². The van der Waals surface area contributed by atoms with Gasteiger partial charge in [-0.1, -0.05) is 60.1 Å². The van der Waals surface area contributed by atoms with Crippen LogP contribution in [0.25, 0.3) is 0 Å². The smallest absolute Gasteiger partial charge is 0.323 e. The monoisotopic (exact) mass is 705 g/mol. The number of ether oxygens (including phenoxy) is 1. The minimum Gasteiger partial charge on any atom is -0.506 e. The number of nitrogens with one attached hydrogen (secondary N) is 4. The summed E-state index contributed by atoms with van der Waals surface area (Å²) in [6.07, 6.45) is 0. The van der Waals surface area contributed by atoms with Crippen molar-refractivity contribution in [1.82, 2.24) is 0 Å². The Labute approximate surface area is 275 Å². The molecule has 0 radical (unpaired) electrons. The maximum absolute atomic E-state index is 12.2. The number of benzene rings is 5. The van der Waals surface area contributed by atoms with E-state index in [1.165, 1.54) is 18.2 Å². The van der Waals surface area contributed by atoms with Crippen LogP contribution in [0.1, 0.15) is 0 Å². The number of hydrogen-bond acceptors (Lipinski definition) is 7. The molecule has 46 heavy (non-hydrogen) atoms. The number of aromatic hydroxyl groups is 2. The number of carbonyl (C=O) groups is 2. The molecule has 0 spiro atoms. The van der Waals surface area contributed by atoms with E-state index in [4.69, 9.17) is 16.3 Å². The molecule has 0 aromatic heterocycles. The molecule has 6 N–H and O–H groups in total. The van der Waals surface area contributed by atoms with Gasteiger partial charge in [-0.15, -0.1) is 0 Å². The summed E-state index contributed by atoms with van der Waals surface area (Å²) in [6.45, 7) is 0. The Kier molecular flexibility index (Phi) is 11.4. The number of hydrogen-bond donors (Lipinski definition) is 6. The molecule has 234 valence electrons. The molecule has 12 nitrogen and oxygen atoms in total. The average Bonchev–Trinajstić information content (AvgIpc) is 3.03. The Hall–Kier alpha value is -5.79. The first kappa shape index (κ1) is 33.1. The van der Waals surface area contributed by atoms with E-state index in [0.717, 1.165) is 10.5 Å². The third-order valence-corrected chi connectivity index (χ3v) is 6.90. The molecule has 0 atom stereocenters. The van der Waals surface area contributed by atoms with Gasteiger partial charge in [0, 0.05) is 10.5 Å². The van der Waals surface area contributed by atoms with Crippen molar-refractivity contribution >= 4 is 68.0 Å². The Morgan fingerprint density at radius 2 is 1.26 bits per heavy atom. The zero-order valence-corrected chi connectivity index (χ0v) is 26.0. The van der Waals surface area contributed by atoms with E-state index in [9.17, 15) is 29.9 Å². The number of para-hydroxylation sites is 5. The third-order valence-electron chi connectivity index (χ3n) is 5.90. The fourth-order valence-corrected chi connectivity index (χ4v) is 4.30. The van der Waals surface area contributed by atoms with E-state index < -0.39 is 22.7 Å². The number of phenols is 2. The molecule has 5 rings (SSSR count). The predicted molar refractivity (Wildman–Crippen MR) is 180 cm³/mol. The summed E-state index contributed by atoms with van der Waals surface area (Å²) in [7, 11) is 0. The summed E-state index contributed by atoms with van der Waals surface area (Å²) in [5.74, 6) is 0.478. The summed E-state index contributed by atoms with van der Waals surface area (Å²) < 4.78 is 6.52. The highest BCUT2D eigenvalue weighted by molar-refractivity contribution is 9.10. The zero-order valence-electron chi connectivity index (χ0n) is 23.6. The summed E-state index contributed by atoms with van der Waals surface area (Å²) in [5.41, 5.74) is 1.05. The minimum absolute atomic E-state index is 0.0413. The van der Waals surface area contributed by atoms with Crippen molar-refractivity contribution in [3.05, 3.63) is 135 Å². The number of amides is 4. The lowest BCUT2D eigenvalue weighted by Crippen LogP contribution is -2.19. The van der Waals surface area contributed by atoms with E-state index >= 15 is 0 Å². The zero-order chi connectivity index (χ0) is 33.1. The second-order valence-electron chi connectivity index (χ2n) is 9.14. The molecular formula is C32H25BrClN5O7. The molecule has 0 saturated heterocycles. The molecule has 0 heterocycles. The fourth-order valence-electron chi connectivity index (χ4n) is 3.74. The molecule has 5 aromatic rings. The van der Waals surface area contributed by atoms with Gasteiger partial charge in [0.05, 0.1) is 38.8 Å². The number of carbonyl (C=O) groups excluding carboxylic acids is 2. The highest BCUT2D eigenvalue weighted by atomic mass is 79.9. The van der Waals surface area contributed by atoms with Gasteiger partial charge < -0.3 is 36.2 Å². The predicted octanol–water partition coefficient (Wildman–Crippen LogP) is 9.19. The largest absolute Gasteiger partial charge is 0.506 e. The van der Waals surface area contributed by atoms with Gasteiger partial charge in [0.25, 0.3) is 5.69 Å². The van der Waals surface area contributed by atoms with Crippen LogP contribution in [0.3, 0.4) is 0 Å². The molecule has 5 aromatic carbocycles. The number of non-ortho nitro benzene ring substituents is 1. The molecule has 0 unspecified atom stereocenters. The van der Waals surface area contributed by atoms with Crippen molar-refractivity contribution < 1.29 is 29.5 Å². The minimum atomic E-state index is -0.638. The fraction of sp³-hybridized carbons (Fsp3) is 0. The second-order valence-corrected chi connectivity index (χ2v) is 10.4. The quantitative estimate of drug-likeness (QED) is 0.0555. The Bertz CT molecular complexity index is 1860. The number of nitro benzene ring substituents is 1. The topological polar surface area (TPSA) is 175 Å². The van der Waals surface area contributed by atoms with Gasteiger partial charge in [-0.25, -0.2) is 9.59 Å². The molecule has 0 fully saturated rings. The summed E-state index contributed by atoms with van der Waals surface area (Å²) in [6, 6.07) is 30.2. The molecule has 0 bridgehead atoms. The Morgan fingerprint density at radius 3 is 1.93 bits per heavy atom. The van der Waals surface area contributed by atoms with Gasteiger partial charge in [-0.3, -0.25) is 10.1 Å². The van der Waals surface area contributed by atoms with Crippen molar-refractivity contribution in [2.45, 2.75) is 0 Å². The van der Waals surface area contributed by atoms with Crippen LogP contribution in [0, 0.1) is 10.1 Å². The molecule has 4 amide bonds. The van der Waals surface area contributed by atoms with Gasteiger partial charge in [-0.05, 0) is 70.5 Å². The normalized spacial score (nSPS) is 10.0. The lowest BCUT2D eigenvalue weighted by Gasteiger charge is -2.13. The van der Waals surface area contributed by atoms with Gasteiger partial charge in [0.2, 0.25) is 0 Å². The van der Waals surface area contributed by atoms with Crippen LogP contribution in [0.5, 0.6) is 23.0 Å². The highest BCUT2D eigenvalue weighted by Crippen LogP contribution is 2.32. The third kappa shape index (κ3) is 9.35. The summed E-state index contributed by atoms with van der Waals surface area (Å²) in [5, 5.41) is 40.6. The highest BCUT2D eigenvalue weighted by Gasteiger charge is 2.14. The van der Waals surface area contributed by atoms with Crippen molar-refractivity contribution in [3.8, 4) is 23.0 Å². The van der Waals surface area contributed by atoms with Gasteiger partial charge in [0.1, 0.15) is 11.5 Å². The second kappa shape index (κ2) is 15.8. The van der Waals surface area contributed by atoms with Gasteiger partial charge >= 0.3 is 12.1 Å². The van der Waals surface area contributed by atoms with Crippen molar-refractivity contribution in [2.24, 2.45) is 0 Å². The Balaban J connectivity index is 0.000000222. The molecule has 14 heteroatoms. The lowest BCUT2D eigenvalue weighted by molar-refractivity contribution is -0.384. The van der Waals surface area contributed by atoms with E-state index in [0.29, 0.717) is 22.9 Å². The van der Waals surface area contributed by atoms with Crippen LogP contribution in [0.4, 0.5) is 38.0 Å². The van der Waals surface area contributed by atoms with E-state index in [-0.39, 0.29) is 27.8 Å². The van der Waals surface area contributed by atoms with Crippen LogP contribution >= 0.6 is 27.5 Å². The number of anilines is 4. The van der Waals surface area contributed by atoms with Crippen molar-refractivity contribution in [1.29, 1.82) is 0 Å². The number of urea groups is 2. The summed E-state index contributed by atoms with van der Waals surface area (Å²) in [4.78, 5) is 34.1.